The molecule has 1 unspecified atom stereocenters. The molecule has 1 aliphatic carbocycles. The molecule has 0 radical (unpaired) electrons. The molecule has 1 heterocycles. The summed E-state index contributed by atoms with van der Waals surface area (Å²) in [6.07, 6.45) is 1.91. The highest BCUT2D eigenvalue weighted by atomic mass is 16.5. The van der Waals surface area contributed by atoms with Gasteiger partial charge in [-0.25, -0.2) is 9.59 Å². The molecule has 6 nitrogen and oxygen atoms in total. The Morgan fingerprint density at radius 3 is 2.65 bits per heavy atom. The number of hydrogen-bond acceptors (Lipinski definition) is 3. The van der Waals surface area contributed by atoms with E-state index in [2.05, 4.69) is 5.32 Å². The van der Waals surface area contributed by atoms with E-state index in [0.717, 1.165) is 6.42 Å². The van der Waals surface area contributed by atoms with Crippen molar-refractivity contribution in [1.29, 1.82) is 0 Å². The number of carbonyl (C=O) groups excluding carboxylic acids is 1. The Labute approximate surface area is 99.9 Å². The molecule has 2 N–H and O–H groups in total. The summed E-state index contributed by atoms with van der Waals surface area (Å²) in [7, 11) is 0. The fourth-order valence-electron chi connectivity index (χ4n) is 2.21. The van der Waals surface area contributed by atoms with Crippen molar-refractivity contribution in [2.24, 2.45) is 0 Å². The number of aliphatic carboxylic acids is 1. The van der Waals surface area contributed by atoms with Gasteiger partial charge >= 0.3 is 12.0 Å². The number of nitrogens with zero attached hydrogens (tertiary/aromatic N) is 1. The molecule has 0 bridgehead atoms. The lowest BCUT2D eigenvalue weighted by Crippen LogP contribution is -2.63. The number of carboxylic acid groups (broad SMARTS) is 1. The summed E-state index contributed by atoms with van der Waals surface area (Å²) in [6.45, 7) is 3.44. The molecule has 1 atom stereocenters. The predicted molar refractivity (Wildman–Crippen MR) is 59.7 cm³/mol. The largest absolute Gasteiger partial charge is 0.480 e. The van der Waals surface area contributed by atoms with Crippen molar-refractivity contribution in [2.75, 3.05) is 19.7 Å². The van der Waals surface area contributed by atoms with Crippen molar-refractivity contribution in [3.05, 3.63) is 0 Å². The summed E-state index contributed by atoms with van der Waals surface area (Å²) in [6, 6.07) is -0.290. The van der Waals surface area contributed by atoms with Gasteiger partial charge in [-0.1, -0.05) is 0 Å². The number of urea groups is 1. The zero-order valence-electron chi connectivity index (χ0n) is 9.94. The molecule has 0 aromatic heterocycles. The molecular formula is C11H18N2O4. The van der Waals surface area contributed by atoms with Gasteiger partial charge in [0, 0.05) is 13.1 Å². The second-order valence-corrected chi connectivity index (χ2v) is 4.80. The Balaban J connectivity index is 1.94. The minimum Gasteiger partial charge on any atom is -0.480 e. The van der Waals surface area contributed by atoms with Crippen LogP contribution in [-0.4, -0.2) is 53.3 Å². The SMILES string of the molecule is CC1CN(C(=O)NC2(C(=O)O)CCC2)CCO1. The second-order valence-electron chi connectivity index (χ2n) is 4.80. The normalized spacial score (nSPS) is 27.1. The van der Waals surface area contributed by atoms with Crippen LogP contribution < -0.4 is 5.32 Å². The summed E-state index contributed by atoms with van der Waals surface area (Å²) in [5.41, 5.74) is -1.03. The molecule has 1 saturated heterocycles. The van der Waals surface area contributed by atoms with Gasteiger partial charge in [0.1, 0.15) is 5.54 Å². The molecule has 96 valence electrons. The van der Waals surface area contributed by atoms with Crippen molar-refractivity contribution in [1.82, 2.24) is 10.2 Å². The Bertz CT molecular complexity index is 327. The van der Waals surface area contributed by atoms with Gasteiger partial charge in [-0.05, 0) is 26.2 Å². The number of carboxylic acids is 1. The lowest BCUT2D eigenvalue weighted by atomic mass is 9.77. The van der Waals surface area contributed by atoms with Crippen LogP contribution in [0.25, 0.3) is 0 Å². The highest BCUT2D eigenvalue weighted by Gasteiger charge is 2.46. The van der Waals surface area contributed by atoms with Gasteiger partial charge in [-0.2, -0.15) is 0 Å². The van der Waals surface area contributed by atoms with Crippen molar-refractivity contribution in [3.63, 3.8) is 0 Å². The number of morpholine rings is 1. The van der Waals surface area contributed by atoms with Crippen LogP contribution in [0.2, 0.25) is 0 Å². The first-order chi connectivity index (χ1) is 8.03. The molecule has 2 fully saturated rings. The van der Waals surface area contributed by atoms with Crippen molar-refractivity contribution < 1.29 is 19.4 Å². The maximum absolute atomic E-state index is 12.0. The van der Waals surface area contributed by atoms with Crippen LogP contribution in [0.4, 0.5) is 4.79 Å². The van der Waals surface area contributed by atoms with E-state index in [4.69, 9.17) is 9.84 Å². The molecule has 17 heavy (non-hydrogen) atoms. The zero-order chi connectivity index (χ0) is 12.5. The van der Waals surface area contributed by atoms with E-state index in [1.807, 2.05) is 6.92 Å². The number of carbonyl (C=O) groups is 2. The maximum atomic E-state index is 12.0. The van der Waals surface area contributed by atoms with Crippen LogP contribution in [0.15, 0.2) is 0 Å². The van der Waals surface area contributed by atoms with Gasteiger partial charge < -0.3 is 20.1 Å². The van der Waals surface area contributed by atoms with E-state index < -0.39 is 11.5 Å². The van der Waals surface area contributed by atoms with E-state index in [0.29, 0.717) is 32.5 Å². The van der Waals surface area contributed by atoms with Crippen molar-refractivity contribution in [3.8, 4) is 0 Å². The first-order valence-corrected chi connectivity index (χ1v) is 5.96. The van der Waals surface area contributed by atoms with Gasteiger partial charge in [-0.15, -0.1) is 0 Å². The first-order valence-electron chi connectivity index (χ1n) is 5.96. The van der Waals surface area contributed by atoms with E-state index in [-0.39, 0.29) is 12.1 Å². The Kier molecular flexibility index (Phi) is 3.24. The van der Waals surface area contributed by atoms with Crippen LogP contribution in [0.1, 0.15) is 26.2 Å². The topological polar surface area (TPSA) is 78.9 Å². The van der Waals surface area contributed by atoms with Crippen molar-refractivity contribution in [2.45, 2.75) is 37.8 Å². The Hall–Kier alpha value is -1.30. The van der Waals surface area contributed by atoms with E-state index in [1.54, 1.807) is 4.90 Å². The lowest BCUT2D eigenvalue weighted by Gasteiger charge is -2.40. The van der Waals surface area contributed by atoms with Crippen LogP contribution in [0.5, 0.6) is 0 Å². The highest BCUT2D eigenvalue weighted by molar-refractivity contribution is 5.87. The summed E-state index contributed by atoms with van der Waals surface area (Å²) in [4.78, 5) is 24.7. The van der Waals surface area contributed by atoms with E-state index >= 15 is 0 Å². The smallest absolute Gasteiger partial charge is 0.329 e. The van der Waals surface area contributed by atoms with Gasteiger partial charge in [0.25, 0.3) is 0 Å². The van der Waals surface area contributed by atoms with Crippen LogP contribution in [-0.2, 0) is 9.53 Å². The Morgan fingerprint density at radius 2 is 2.18 bits per heavy atom. The molecule has 0 spiro atoms. The molecule has 2 aliphatic rings. The molecule has 2 rings (SSSR count). The number of hydrogen-bond donors (Lipinski definition) is 2. The monoisotopic (exact) mass is 242 g/mol. The predicted octanol–water partition coefficient (Wildman–Crippen LogP) is 0.424. The first kappa shape index (κ1) is 12.2. The third-order valence-corrected chi connectivity index (χ3v) is 3.49. The third-order valence-electron chi connectivity index (χ3n) is 3.49. The highest BCUT2D eigenvalue weighted by Crippen LogP contribution is 2.32. The number of ether oxygens (including phenoxy) is 1. The van der Waals surface area contributed by atoms with E-state index in [1.165, 1.54) is 0 Å². The summed E-state index contributed by atoms with van der Waals surface area (Å²) in [5.74, 6) is -0.932. The van der Waals surface area contributed by atoms with E-state index in [9.17, 15) is 9.59 Å². The molecule has 2 amide bonds. The fraction of sp³-hybridized carbons (Fsp3) is 0.818. The summed E-state index contributed by atoms with van der Waals surface area (Å²) in [5, 5.41) is 11.8. The summed E-state index contributed by atoms with van der Waals surface area (Å²) >= 11 is 0. The van der Waals surface area contributed by atoms with Crippen LogP contribution >= 0.6 is 0 Å². The molecule has 1 saturated carbocycles. The van der Waals surface area contributed by atoms with Crippen LogP contribution in [0.3, 0.4) is 0 Å². The average Bonchev–Trinajstić information content (AvgIpc) is 2.22. The van der Waals surface area contributed by atoms with Gasteiger partial charge in [0.15, 0.2) is 0 Å². The minimum absolute atomic E-state index is 0.0108. The number of nitrogens with one attached hydrogen (secondary N) is 1. The van der Waals surface area contributed by atoms with Crippen LogP contribution in [0, 0.1) is 0 Å². The maximum Gasteiger partial charge on any atom is 0.329 e. The summed E-state index contributed by atoms with van der Waals surface area (Å²) < 4.78 is 5.34. The zero-order valence-corrected chi connectivity index (χ0v) is 9.94. The van der Waals surface area contributed by atoms with Gasteiger partial charge in [0.2, 0.25) is 0 Å². The fourth-order valence-corrected chi connectivity index (χ4v) is 2.21. The van der Waals surface area contributed by atoms with Crippen molar-refractivity contribution >= 4 is 12.0 Å². The minimum atomic E-state index is -1.03. The Morgan fingerprint density at radius 1 is 1.47 bits per heavy atom. The molecular weight excluding hydrogens is 224 g/mol. The van der Waals surface area contributed by atoms with Gasteiger partial charge in [0.05, 0.1) is 12.7 Å². The lowest BCUT2D eigenvalue weighted by molar-refractivity contribution is -0.148. The second kappa shape index (κ2) is 4.52. The van der Waals surface area contributed by atoms with Gasteiger partial charge in [-0.3, -0.25) is 0 Å². The standard InChI is InChI=1S/C11H18N2O4/c1-8-7-13(5-6-17-8)10(16)12-11(9(14)15)3-2-4-11/h8H,2-7H2,1H3,(H,12,16)(H,14,15). The third kappa shape index (κ3) is 2.36. The molecule has 1 aliphatic heterocycles. The quantitative estimate of drug-likeness (QED) is 0.735. The molecule has 6 heteroatoms. The average molecular weight is 242 g/mol. The molecule has 0 aromatic rings. The molecule has 0 aromatic carbocycles. The number of rotatable bonds is 2. The number of amides is 2.